The molecule has 0 bridgehead atoms. The van der Waals surface area contributed by atoms with E-state index < -0.39 is 11.8 Å². The minimum Gasteiger partial charge on any atom is -0.477 e. The number of piperidine rings is 1. The topological polar surface area (TPSA) is 98.9 Å². The van der Waals surface area contributed by atoms with E-state index in [2.05, 4.69) is 20.5 Å². The molecule has 2 saturated heterocycles. The van der Waals surface area contributed by atoms with Crippen molar-refractivity contribution in [3.8, 4) is 11.5 Å². The Morgan fingerprint density at radius 1 is 1.24 bits per heavy atom. The molecule has 1 aromatic carbocycles. The molecule has 7 rings (SSSR count). The number of thiazole rings is 1. The average Bonchev–Trinajstić information content (AvgIpc) is 3.65. The van der Waals surface area contributed by atoms with E-state index in [1.54, 1.807) is 11.6 Å². The predicted molar refractivity (Wildman–Crippen MR) is 143 cm³/mol. The van der Waals surface area contributed by atoms with Gasteiger partial charge in [-0.1, -0.05) is 12.1 Å². The molecule has 0 amide bonds. The molecular formula is C27H28N4O5S2. The number of likely N-dealkylation sites (tertiary alicyclic amines) is 1. The van der Waals surface area contributed by atoms with E-state index >= 15 is 0 Å². The molecule has 0 spiro atoms. The van der Waals surface area contributed by atoms with Crippen molar-refractivity contribution in [1.82, 2.24) is 19.4 Å². The molecule has 0 radical (unpaired) electrons. The number of carbonyl (C=O) groups is 1. The Hall–Kier alpha value is -2.99. The van der Waals surface area contributed by atoms with Crippen LogP contribution in [0, 0.1) is 0 Å². The van der Waals surface area contributed by atoms with Crippen LogP contribution in [-0.4, -0.2) is 56.3 Å². The number of rotatable bonds is 7. The number of carboxylic acids is 1. The van der Waals surface area contributed by atoms with Crippen molar-refractivity contribution in [3.05, 3.63) is 57.1 Å². The van der Waals surface area contributed by atoms with Crippen molar-refractivity contribution in [3.63, 3.8) is 0 Å². The Bertz CT molecular complexity index is 1490. The van der Waals surface area contributed by atoms with Gasteiger partial charge in [0.1, 0.15) is 21.2 Å². The fourth-order valence-corrected chi connectivity index (χ4v) is 7.17. The molecule has 0 aliphatic carbocycles. The number of nitrogens with zero attached hydrogens (tertiary/aromatic N) is 4. The number of aromatic carboxylic acids is 1. The summed E-state index contributed by atoms with van der Waals surface area (Å²) < 4.78 is 20.5. The fourth-order valence-electron chi connectivity index (χ4n) is 5.64. The van der Waals surface area contributed by atoms with Crippen LogP contribution in [0.15, 0.2) is 35.2 Å². The largest absolute Gasteiger partial charge is 0.477 e. The van der Waals surface area contributed by atoms with E-state index in [1.807, 2.05) is 24.4 Å². The molecule has 3 aliphatic rings. The third-order valence-corrected chi connectivity index (χ3v) is 9.41. The van der Waals surface area contributed by atoms with E-state index in [4.69, 9.17) is 19.2 Å². The summed E-state index contributed by atoms with van der Waals surface area (Å²) >= 11 is 2.78. The number of ether oxygens (including phenoxy) is 3. The number of carboxylic acid groups (broad SMARTS) is 1. The van der Waals surface area contributed by atoms with Gasteiger partial charge >= 0.3 is 5.97 Å². The second-order valence-electron chi connectivity index (χ2n) is 10.3. The fraction of sp³-hybridized carbons (Fsp3) is 0.444. The van der Waals surface area contributed by atoms with Crippen molar-refractivity contribution in [2.45, 2.75) is 57.1 Å². The van der Waals surface area contributed by atoms with E-state index in [-0.39, 0.29) is 6.10 Å². The third kappa shape index (κ3) is 4.17. The smallest absolute Gasteiger partial charge is 0.346 e. The number of thiophene rings is 1. The van der Waals surface area contributed by atoms with Crippen LogP contribution in [0.4, 0.5) is 0 Å². The summed E-state index contributed by atoms with van der Waals surface area (Å²) in [7, 11) is 0. The molecule has 4 aromatic rings. The van der Waals surface area contributed by atoms with Gasteiger partial charge in [0.25, 0.3) is 5.79 Å². The van der Waals surface area contributed by atoms with Crippen molar-refractivity contribution in [1.29, 1.82) is 0 Å². The molecule has 0 unspecified atom stereocenters. The molecule has 3 aliphatic heterocycles. The number of hydrogen-bond acceptors (Lipinski definition) is 9. The summed E-state index contributed by atoms with van der Waals surface area (Å²) in [5.74, 6) is 1.18. The lowest BCUT2D eigenvalue weighted by molar-refractivity contribution is -0.0717. The SMILES string of the molecule is C[C@@]1(c2cscn2)Oc2cccc(C3CCN(Cc4nc5sc(C(=O)O)cc5n4C[C@@H]4CCO4)CC3)c2O1. The lowest BCUT2D eigenvalue weighted by Crippen LogP contribution is -2.35. The Kier molecular flexibility index (Phi) is 5.91. The van der Waals surface area contributed by atoms with Gasteiger partial charge in [0.05, 0.1) is 30.2 Å². The van der Waals surface area contributed by atoms with Gasteiger partial charge in [0.2, 0.25) is 0 Å². The molecule has 1 N–H and O–H groups in total. The van der Waals surface area contributed by atoms with Crippen LogP contribution >= 0.6 is 22.7 Å². The molecule has 3 aromatic heterocycles. The third-order valence-electron chi connectivity index (χ3n) is 7.82. The molecule has 38 heavy (non-hydrogen) atoms. The first-order valence-corrected chi connectivity index (χ1v) is 14.7. The summed E-state index contributed by atoms with van der Waals surface area (Å²) in [6.45, 7) is 6.05. The summed E-state index contributed by atoms with van der Waals surface area (Å²) in [5, 5.41) is 11.4. The number of aromatic nitrogens is 3. The Labute approximate surface area is 227 Å². The zero-order chi connectivity index (χ0) is 25.9. The summed E-state index contributed by atoms with van der Waals surface area (Å²) in [4.78, 5) is 24.3. The van der Waals surface area contributed by atoms with Gasteiger partial charge in [0.15, 0.2) is 11.5 Å². The molecule has 0 saturated carbocycles. The van der Waals surface area contributed by atoms with Crippen LogP contribution in [0.1, 0.15) is 58.9 Å². The first-order chi connectivity index (χ1) is 18.5. The van der Waals surface area contributed by atoms with Gasteiger partial charge in [-0.2, -0.15) is 0 Å². The van der Waals surface area contributed by atoms with Gasteiger partial charge < -0.3 is 23.9 Å². The van der Waals surface area contributed by atoms with Crippen LogP contribution in [0.5, 0.6) is 11.5 Å². The highest BCUT2D eigenvalue weighted by Gasteiger charge is 2.42. The lowest BCUT2D eigenvalue weighted by Gasteiger charge is -2.33. The van der Waals surface area contributed by atoms with Crippen molar-refractivity contribution >= 4 is 39.0 Å². The summed E-state index contributed by atoms with van der Waals surface area (Å²) in [6.07, 6.45) is 3.21. The van der Waals surface area contributed by atoms with E-state index in [1.165, 1.54) is 28.2 Å². The Morgan fingerprint density at radius 2 is 2.08 bits per heavy atom. The van der Waals surface area contributed by atoms with E-state index in [9.17, 15) is 9.90 Å². The van der Waals surface area contributed by atoms with Crippen molar-refractivity contribution in [2.24, 2.45) is 0 Å². The molecular weight excluding hydrogens is 524 g/mol. The van der Waals surface area contributed by atoms with E-state index in [0.717, 1.165) is 78.9 Å². The van der Waals surface area contributed by atoms with Gasteiger partial charge in [-0.25, -0.2) is 14.8 Å². The minimum absolute atomic E-state index is 0.169. The van der Waals surface area contributed by atoms with Gasteiger partial charge in [-0.3, -0.25) is 4.90 Å². The number of hydrogen-bond donors (Lipinski definition) is 1. The van der Waals surface area contributed by atoms with Gasteiger partial charge in [-0.15, -0.1) is 22.7 Å². The number of imidazole rings is 1. The maximum atomic E-state index is 11.5. The van der Waals surface area contributed by atoms with Gasteiger partial charge in [-0.05, 0) is 50.4 Å². The quantitative estimate of drug-likeness (QED) is 0.340. The molecule has 9 nitrogen and oxygen atoms in total. The van der Waals surface area contributed by atoms with Crippen LogP contribution in [0.3, 0.4) is 0 Å². The van der Waals surface area contributed by atoms with Crippen LogP contribution < -0.4 is 9.47 Å². The molecule has 6 heterocycles. The second-order valence-corrected chi connectivity index (χ2v) is 12.0. The van der Waals surface area contributed by atoms with Crippen LogP contribution in [-0.2, 0) is 23.6 Å². The normalized spacial score (nSPS) is 23.7. The highest BCUT2D eigenvalue weighted by Crippen LogP contribution is 2.49. The Balaban J connectivity index is 1.07. The zero-order valence-electron chi connectivity index (χ0n) is 21.0. The van der Waals surface area contributed by atoms with Crippen LogP contribution in [0.2, 0.25) is 0 Å². The van der Waals surface area contributed by atoms with Crippen molar-refractivity contribution < 1.29 is 24.1 Å². The zero-order valence-corrected chi connectivity index (χ0v) is 22.6. The van der Waals surface area contributed by atoms with Crippen LogP contribution in [0.25, 0.3) is 10.3 Å². The monoisotopic (exact) mass is 552 g/mol. The highest BCUT2D eigenvalue weighted by atomic mass is 32.1. The number of benzene rings is 1. The first kappa shape index (κ1) is 24.1. The second kappa shape index (κ2) is 9.33. The average molecular weight is 553 g/mol. The number of para-hydroxylation sites is 1. The molecule has 198 valence electrons. The maximum Gasteiger partial charge on any atom is 0.346 e. The summed E-state index contributed by atoms with van der Waals surface area (Å²) in [6, 6.07) is 7.93. The standard InChI is InChI=1S/C27H28N4O5S2/c1-27(22-14-37-15-28-22)35-20-4-2-3-18(24(20)36-27)16-5-8-30(9-6-16)13-23-29-25-19(11-21(38-25)26(32)33)31(23)12-17-7-10-34-17/h2-4,11,14-17H,5-10,12-13H2,1H3,(H,32,33)/t17-,27+/m0/s1. The minimum atomic E-state index is -0.906. The highest BCUT2D eigenvalue weighted by molar-refractivity contribution is 7.20. The van der Waals surface area contributed by atoms with Crippen molar-refractivity contribution in [2.75, 3.05) is 19.7 Å². The first-order valence-electron chi connectivity index (χ1n) is 12.9. The molecule has 2 atom stereocenters. The Morgan fingerprint density at radius 3 is 2.79 bits per heavy atom. The maximum absolute atomic E-state index is 11.5. The predicted octanol–water partition coefficient (Wildman–Crippen LogP) is 5.07. The van der Waals surface area contributed by atoms with Gasteiger partial charge in [0, 0.05) is 24.5 Å². The molecule has 2 fully saturated rings. The van der Waals surface area contributed by atoms with E-state index in [0.29, 0.717) is 17.3 Å². The molecule has 11 heteroatoms. The summed E-state index contributed by atoms with van der Waals surface area (Å²) in [5.41, 5.74) is 4.68. The number of fused-ring (bicyclic) bond motifs is 2. The lowest BCUT2D eigenvalue weighted by atomic mass is 9.88.